The molecule has 1 aromatic carbocycles. The first-order chi connectivity index (χ1) is 8.81. The molecule has 0 aliphatic heterocycles. The largest absolute Gasteiger partial charge is 0.446 e. The molecule has 0 saturated carbocycles. The van der Waals surface area contributed by atoms with Crippen LogP contribution in [0.5, 0.6) is 0 Å². The monoisotopic (exact) mass is 307 g/mol. The summed E-state index contributed by atoms with van der Waals surface area (Å²) in [6.45, 7) is 0.607. The predicted octanol–water partition coefficient (Wildman–Crippen LogP) is 1.93. The van der Waals surface area contributed by atoms with Crippen LogP contribution >= 0.6 is 15.9 Å². The van der Waals surface area contributed by atoms with Gasteiger partial charge in [0.05, 0.1) is 6.20 Å². The van der Waals surface area contributed by atoms with E-state index in [9.17, 15) is 4.79 Å². The van der Waals surface area contributed by atoms with Crippen LogP contribution in [-0.2, 0) is 11.3 Å². The summed E-state index contributed by atoms with van der Waals surface area (Å²) < 4.78 is 6.74. The Labute approximate surface area is 113 Å². The van der Waals surface area contributed by atoms with E-state index in [0.717, 1.165) is 5.56 Å². The maximum atomic E-state index is 11.7. The molecule has 0 fully saturated rings. The molecule has 0 aliphatic rings. The molecular weight excluding hydrogens is 296 g/mol. The molecule has 2 rings (SSSR count). The molecule has 0 aliphatic carbocycles. The minimum atomic E-state index is -0.393. The Bertz CT molecular complexity index is 532. The molecule has 0 atom stereocenters. The van der Waals surface area contributed by atoms with Gasteiger partial charge in [0.1, 0.15) is 11.7 Å². The quantitative estimate of drug-likeness (QED) is 0.492. The van der Waals surface area contributed by atoms with Crippen LogP contribution in [0.4, 0.5) is 0 Å². The van der Waals surface area contributed by atoms with Gasteiger partial charge in [-0.05, 0) is 15.9 Å². The second kappa shape index (κ2) is 6.26. The number of carbonyl (C=O) groups is 1. The van der Waals surface area contributed by atoms with E-state index in [1.54, 1.807) is 12.4 Å². The van der Waals surface area contributed by atoms with E-state index in [2.05, 4.69) is 20.9 Å². The smallest absolute Gasteiger partial charge is 0.406 e. The lowest BCUT2D eigenvalue weighted by atomic mass is 10.2. The zero-order valence-electron chi connectivity index (χ0n) is 9.62. The van der Waals surface area contributed by atoms with E-state index in [4.69, 9.17) is 4.74 Å². The van der Waals surface area contributed by atoms with Crippen molar-refractivity contribution in [3.63, 3.8) is 0 Å². The minimum absolute atomic E-state index is 0.173. The topological polar surface area (TPSA) is 43.1 Å². The first kappa shape index (κ1) is 12.7. The first-order valence-corrected chi connectivity index (χ1v) is 6.54. The Morgan fingerprint density at radius 1 is 1.33 bits per heavy atom. The van der Waals surface area contributed by atoms with Crippen molar-refractivity contribution in [1.82, 2.24) is 4.98 Å². The van der Waals surface area contributed by atoms with Gasteiger partial charge in [-0.3, -0.25) is 4.98 Å². The van der Waals surface area contributed by atoms with Crippen LogP contribution in [0.2, 0.25) is 0 Å². The third-order valence-corrected chi connectivity index (χ3v) is 2.66. The van der Waals surface area contributed by atoms with Crippen LogP contribution < -0.4 is 4.57 Å². The molecule has 2 aromatic rings. The third kappa shape index (κ3) is 3.13. The summed E-state index contributed by atoms with van der Waals surface area (Å²) in [5, 5.41) is 0. The Morgan fingerprint density at radius 3 is 2.83 bits per heavy atom. The molecule has 4 nitrogen and oxygen atoms in total. The molecule has 0 saturated heterocycles. The lowest BCUT2D eigenvalue weighted by molar-refractivity contribution is -0.691. The van der Waals surface area contributed by atoms with Gasteiger partial charge < -0.3 is 4.74 Å². The molecule has 18 heavy (non-hydrogen) atoms. The van der Waals surface area contributed by atoms with Gasteiger partial charge in [-0.25, -0.2) is 4.79 Å². The van der Waals surface area contributed by atoms with Crippen LogP contribution in [0.3, 0.4) is 0 Å². The molecule has 0 bridgehead atoms. The molecule has 92 valence electrons. The predicted molar refractivity (Wildman–Crippen MR) is 69.2 cm³/mol. The Balaban J connectivity index is 2.25. The number of halogens is 1. The van der Waals surface area contributed by atoms with Crippen molar-refractivity contribution in [1.29, 1.82) is 0 Å². The van der Waals surface area contributed by atoms with Crippen molar-refractivity contribution in [2.24, 2.45) is 0 Å². The van der Waals surface area contributed by atoms with Crippen LogP contribution in [0.25, 0.3) is 0 Å². The van der Waals surface area contributed by atoms with Gasteiger partial charge in [0.2, 0.25) is 0 Å². The Hall–Kier alpha value is -1.75. The number of nitrogens with zero attached hydrogens (tertiary/aromatic N) is 2. The highest BCUT2D eigenvalue weighted by atomic mass is 79.9. The average Bonchev–Trinajstić information content (AvgIpc) is 2.41. The zero-order chi connectivity index (χ0) is 12.8. The summed E-state index contributed by atoms with van der Waals surface area (Å²) in [5.41, 5.74) is 1.72. The highest BCUT2D eigenvalue weighted by Crippen LogP contribution is 2.00. The summed E-state index contributed by atoms with van der Waals surface area (Å²) in [6.07, 6.45) is 4.92. The van der Waals surface area contributed by atoms with Crippen molar-refractivity contribution in [3.8, 4) is 0 Å². The second-order valence-electron chi connectivity index (χ2n) is 3.62. The number of aromatic nitrogens is 2. The molecule has 0 radical (unpaired) electrons. The van der Waals surface area contributed by atoms with Gasteiger partial charge in [-0.1, -0.05) is 30.3 Å². The average molecular weight is 308 g/mol. The summed E-state index contributed by atoms with van der Waals surface area (Å²) in [6, 6.07) is 9.90. The van der Waals surface area contributed by atoms with E-state index in [-0.39, 0.29) is 5.52 Å². The fourth-order valence-electron chi connectivity index (χ4n) is 1.60. The van der Waals surface area contributed by atoms with Crippen LogP contribution in [0.1, 0.15) is 16.1 Å². The lowest BCUT2D eigenvalue weighted by Crippen LogP contribution is -2.41. The molecule has 0 N–H and O–H groups in total. The molecule has 0 spiro atoms. The minimum Gasteiger partial charge on any atom is -0.446 e. The van der Waals surface area contributed by atoms with Gasteiger partial charge >= 0.3 is 11.7 Å². The van der Waals surface area contributed by atoms with Crippen LogP contribution in [0.15, 0.2) is 48.9 Å². The van der Waals surface area contributed by atoms with Crippen LogP contribution in [-0.4, -0.2) is 16.5 Å². The lowest BCUT2D eigenvalue weighted by Gasteiger charge is -2.02. The number of rotatable bonds is 4. The fourth-order valence-corrected chi connectivity index (χ4v) is 1.81. The zero-order valence-corrected chi connectivity index (χ0v) is 11.2. The normalized spacial score (nSPS) is 10.1. The van der Waals surface area contributed by atoms with Crippen molar-refractivity contribution in [2.45, 2.75) is 6.54 Å². The number of ether oxygens (including phenoxy) is 1. The summed E-state index contributed by atoms with van der Waals surface area (Å²) in [7, 11) is 0. The molecule has 0 unspecified atom stereocenters. The molecule has 1 aromatic heterocycles. The maximum Gasteiger partial charge on any atom is 0.406 e. The Kier molecular flexibility index (Phi) is 4.41. The SMILES string of the molecule is O=C(OCBr)c1cncc[n+]1Cc1ccccc1. The summed E-state index contributed by atoms with van der Waals surface area (Å²) in [5.74, 6) is -0.393. The van der Waals surface area contributed by atoms with E-state index < -0.39 is 5.97 Å². The van der Waals surface area contributed by atoms with Gasteiger partial charge in [0, 0.05) is 5.56 Å². The highest BCUT2D eigenvalue weighted by molar-refractivity contribution is 9.09. The Morgan fingerprint density at radius 2 is 2.11 bits per heavy atom. The number of carbonyl (C=O) groups excluding carboxylic acids is 1. The standard InChI is InChI=1S/C13H12BrN2O2/c14-10-18-13(17)12-8-15-6-7-16(12)9-11-4-2-1-3-5-11/h1-8H,9-10H2/q+1. The van der Waals surface area contributed by atoms with Gasteiger partial charge in [-0.15, -0.1) is 0 Å². The van der Waals surface area contributed by atoms with Gasteiger partial charge in [-0.2, -0.15) is 4.57 Å². The summed E-state index contributed by atoms with van der Waals surface area (Å²) in [4.78, 5) is 15.7. The molecular formula is C13H12BrN2O2+. The first-order valence-electron chi connectivity index (χ1n) is 5.41. The van der Waals surface area contributed by atoms with E-state index in [0.29, 0.717) is 12.2 Å². The second-order valence-corrected chi connectivity index (χ2v) is 4.07. The molecule has 0 amide bonds. The highest BCUT2D eigenvalue weighted by Gasteiger charge is 2.20. The fraction of sp³-hybridized carbons (Fsp3) is 0.154. The van der Waals surface area contributed by atoms with Crippen molar-refractivity contribution in [3.05, 3.63) is 60.2 Å². The van der Waals surface area contributed by atoms with Gasteiger partial charge in [0.15, 0.2) is 12.7 Å². The van der Waals surface area contributed by atoms with E-state index in [1.165, 1.54) is 6.20 Å². The number of esters is 1. The number of alkyl halides is 1. The molecule has 5 heteroatoms. The number of hydrogen-bond donors (Lipinski definition) is 0. The maximum absolute atomic E-state index is 11.7. The van der Waals surface area contributed by atoms with E-state index >= 15 is 0 Å². The van der Waals surface area contributed by atoms with E-state index in [1.807, 2.05) is 34.9 Å². The van der Waals surface area contributed by atoms with Crippen molar-refractivity contribution >= 4 is 21.9 Å². The third-order valence-electron chi connectivity index (χ3n) is 2.43. The van der Waals surface area contributed by atoms with Crippen molar-refractivity contribution in [2.75, 3.05) is 5.52 Å². The van der Waals surface area contributed by atoms with Crippen molar-refractivity contribution < 1.29 is 14.1 Å². The van der Waals surface area contributed by atoms with Crippen LogP contribution in [0, 0.1) is 0 Å². The van der Waals surface area contributed by atoms with Gasteiger partial charge in [0.25, 0.3) is 0 Å². The number of hydrogen-bond acceptors (Lipinski definition) is 3. The summed E-state index contributed by atoms with van der Waals surface area (Å²) >= 11 is 3.07. The molecule has 1 heterocycles. The number of benzene rings is 1.